The molecule has 0 saturated heterocycles. The Morgan fingerprint density at radius 3 is 2.06 bits per heavy atom. The van der Waals surface area contributed by atoms with Crippen LogP contribution in [0.15, 0.2) is 0 Å². The van der Waals surface area contributed by atoms with Gasteiger partial charge >= 0.3 is 8.56 Å². The van der Waals surface area contributed by atoms with Gasteiger partial charge in [0.25, 0.3) is 0 Å². The van der Waals surface area contributed by atoms with Gasteiger partial charge in [0.15, 0.2) is 0 Å². The molecule has 17 heavy (non-hydrogen) atoms. The lowest BCUT2D eigenvalue weighted by Gasteiger charge is -2.27. The minimum absolute atomic E-state index is 0.509. The average molecular weight is 279 g/mol. The molecule has 0 aromatic rings. The largest absolute Gasteiger partial charge is 0.395 e. The minimum atomic E-state index is -1.91. The summed E-state index contributed by atoms with van der Waals surface area (Å²) >= 11 is 4.66. The maximum Gasteiger partial charge on any atom is 0.334 e. The van der Waals surface area contributed by atoms with Crippen LogP contribution in [0.3, 0.4) is 0 Å². The summed E-state index contributed by atoms with van der Waals surface area (Å²) in [6.07, 6.45) is 6.25. The molecule has 0 aliphatic carbocycles. The summed E-state index contributed by atoms with van der Waals surface area (Å²) in [4.78, 5) is 0. The van der Waals surface area contributed by atoms with Gasteiger partial charge in [-0.3, -0.25) is 0 Å². The van der Waals surface area contributed by atoms with E-state index in [1.165, 1.54) is 25.7 Å². The van der Waals surface area contributed by atoms with Gasteiger partial charge in [-0.15, -0.1) is 0 Å². The maximum atomic E-state index is 5.83. The molecule has 0 spiro atoms. The Bertz CT molecular complexity index is 173. The zero-order chi connectivity index (χ0) is 13.1. The van der Waals surface area contributed by atoms with Gasteiger partial charge in [0, 0.05) is 18.5 Å². The average Bonchev–Trinajstić information content (AvgIpc) is 2.28. The summed E-state index contributed by atoms with van der Waals surface area (Å²) in [5.41, 5.74) is 0. The molecule has 1 atom stereocenters. The molecule has 104 valence electrons. The topological polar surface area (TPSA) is 18.5 Å². The Hall–Kier alpha value is 0.487. The summed E-state index contributed by atoms with van der Waals surface area (Å²) in [6, 6.07) is 1.06. The lowest BCUT2D eigenvalue weighted by molar-refractivity contribution is 0.188. The third-order valence-corrected chi connectivity index (χ3v) is 6.48. The summed E-state index contributed by atoms with van der Waals surface area (Å²) in [7, 11) is -1.91. The maximum absolute atomic E-state index is 5.83. The summed E-state index contributed by atoms with van der Waals surface area (Å²) < 4.78 is 11.7. The van der Waals surface area contributed by atoms with E-state index in [1.54, 1.807) is 0 Å². The van der Waals surface area contributed by atoms with Gasteiger partial charge in [0.2, 0.25) is 0 Å². The third-order valence-electron chi connectivity index (χ3n) is 2.97. The Labute approximate surface area is 114 Å². The Balaban J connectivity index is 3.86. The zero-order valence-electron chi connectivity index (χ0n) is 12.0. The highest BCUT2D eigenvalue weighted by molar-refractivity contribution is 7.80. The van der Waals surface area contributed by atoms with Crippen molar-refractivity contribution >= 4 is 21.2 Å². The SMILES string of the molecule is CCCCCC(S)CC[Si](C)(OCC)OCC. The monoisotopic (exact) mass is 278 g/mol. The van der Waals surface area contributed by atoms with E-state index in [0.717, 1.165) is 25.7 Å². The number of thiol groups is 1. The highest BCUT2D eigenvalue weighted by atomic mass is 32.1. The molecule has 1 unspecified atom stereocenters. The number of unbranched alkanes of at least 4 members (excludes halogenated alkanes) is 2. The first-order valence-electron chi connectivity index (χ1n) is 7.04. The van der Waals surface area contributed by atoms with Crippen molar-refractivity contribution in [2.45, 2.75) is 70.7 Å². The lowest BCUT2D eigenvalue weighted by Crippen LogP contribution is -2.39. The zero-order valence-corrected chi connectivity index (χ0v) is 13.9. The molecule has 0 saturated carbocycles. The van der Waals surface area contributed by atoms with Crippen LogP contribution in [0.2, 0.25) is 12.6 Å². The fraction of sp³-hybridized carbons (Fsp3) is 1.00. The second-order valence-electron chi connectivity index (χ2n) is 4.69. The highest BCUT2D eigenvalue weighted by Gasteiger charge is 2.30. The van der Waals surface area contributed by atoms with Crippen LogP contribution in [-0.2, 0) is 8.85 Å². The Kier molecular flexibility index (Phi) is 10.7. The van der Waals surface area contributed by atoms with E-state index in [9.17, 15) is 0 Å². The van der Waals surface area contributed by atoms with E-state index >= 15 is 0 Å². The molecule has 0 aromatic carbocycles. The number of hydrogen-bond acceptors (Lipinski definition) is 3. The predicted octanol–water partition coefficient (Wildman–Crippen LogP) is 4.40. The van der Waals surface area contributed by atoms with Crippen molar-refractivity contribution < 1.29 is 8.85 Å². The quantitative estimate of drug-likeness (QED) is 0.343. The second-order valence-corrected chi connectivity index (χ2v) is 8.76. The molecule has 0 fully saturated rings. The predicted molar refractivity (Wildman–Crippen MR) is 81.2 cm³/mol. The molecular weight excluding hydrogens is 248 g/mol. The van der Waals surface area contributed by atoms with Crippen LogP contribution in [0.5, 0.6) is 0 Å². The van der Waals surface area contributed by atoms with E-state index < -0.39 is 8.56 Å². The van der Waals surface area contributed by atoms with Gasteiger partial charge < -0.3 is 8.85 Å². The lowest BCUT2D eigenvalue weighted by atomic mass is 10.1. The van der Waals surface area contributed by atoms with E-state index in [-0.39, 0.29) is 0 Å². The molecule has 4 heteroatoms. The van der Waals surface area contributed by atoms with Crippen molar-refractivity contribution in [3.8, 4) is 0 Å². The first-order valence-corrected chi connectivity index (χ1v) is 10.1. The van der Waals surface area contributed by atoms with Crippen LogP contribution in [-0.4, -0.2) is 27.0 Å². The molecule has 0 amide bonds. The number of rotatable bonds is 11. The molecule has 0 heterocycles. The minimum Gasteiger partial charge on any atom is -0.395 e. The van der Waals surface area contributed by atoms with Crippen LogP contribution >= 0.6 is 12.6 Å². The summed E-state index contributed by atoms with van der Waals surface area (Å²) in [6.45, 7) is 10.0. The van der Waals surface area contributed by atoms with Crippen LogP contribution in [0.4, 0.5) is 0 Å². The summed E-state index contributed by atoms with van der Waals surface area (Å²) in [5, 5.41) is 0.509. The fourth-order valence-electron chi connectivity index (χ4n) is 2.00. The Morgan fingerprint density at radius 1 is 1.00 bits per heavy atom. The van der Waals surface area contributed by atoms with Crippen molar-refractivity contribution in [2.24, 2.45) is 0 Å². The van der Waals surface area contributed by atoms with E-state index in [2.05, 4.69) is 26.1 Å². The Morgan fingerprint density at radius 2 is 1.59 bits per heavy atom. The normalized spacial score (nSPS) is 13.9. The van der Waals surface area contributed by atoms with Gasteiger partial charge in [-0.1, -0.05) is 26.2 Å². The van der Waals surface area contributed by atoms with Crippen molar-refractivity contribution in [3.05, 3.63) is 0 Å². The van der Waals surface area contributed by atoms with Crippen molar-refractivity contribution in [1.82, 2.24) is 0 Å². The van der Waals surface area contributed by atoms with Crippen LogP contribution < -0.4 is 0 Å². The molecule has 2 nitrogen and oxygen atoms in total. The second kappa shape index (κ2) is 10.4. The van der Waals surface area contributed by atoms with E-state index in [1.807, 2.05) is 13.8 Å². The fourth-order valence-corrected chi connectivity index (χ4v) is 5.02. The smallest absolute Gasteiger partial charge is 0.334 e. The van der Waals surface area contributed by atoms with Crippen molar-refractivity contribution in [3.63, 3.8) is 0 Å². The van der Waals surface area contributed by atoms with Gasteiger partial charge in [-0.25, -0.2) is 0 Å². The van der Waals surface area contributed by atoms with Gasteiger partial charge in [0.1, 0.15) is 0 Å². The van der Waals surface area contributed by atoms with E-state index in [0.29, 0.717) is 5.25 Å². The standard InChI is InChI=1S/C13H30O2SSi/c1-5-8-9-10-13(16)11-12-17(4,14-6-2)15-7-3/h13,16H,5-12H2,1-4H3. The molecule has 0 aliphatic heterocycles. The molecule has 0 aliphatic rings. The van der Waals surface area contributed by atoms with Gasteiger partial charge in [-0.05, 0) is 39.3 Å². The highest BCUT2D eigenvalue weighted by Crippen LogP contribution is 2.22. The van der Waals surface area contributed by atoms with Crippen LogP contribution in [0.1, 0.15) is 52.9 Å². The van der Waals surface area contributed by atoms with Gasteiger partial charge in [-0.2, -0.15) is 12.6 Å². The van der Waals surface area contributed by atoms with Crippen molar-refractivity contribution in [2.75, 3.05) is 13.2 Å². The van der Waals surface area contributed by atoms with E-state index in [4.69, 9.17) is 8.85 Å². The third kappa shape index (κ3) is 9.11. The van der Waals surface area contributed by atoms with Gasteiger partial charge in [0.05, 0.1) is 0 Å². The first-order chi connectivity index (χ1) is 8.08. The number of hydrogen-bond donors (Lipinski definition) is 1. The molecular formula is C13H30O2SSi. The van der Waals surface area contributed by atoms with Crippen LogP contribution in [0, 0.1) is 0 Å². The van der Waals surface area contributed by atoms with Crippen LogP contribution in [0.25, 0.3) is 0 Å². The first kappa shape index (κ1) is 17.5. The summed E-state index contributed by atoms with van der Waals surface area (Å²) in [5.74, 6) is 0. The molecule has 0 N–H and O–H groups in total. The molecule has 0 rings (SSSR count). The molecule has 0 aromatic heterocycles. The molecule has 0 radical (unpaired) electrons. The molecule has 0 bridgehead atoms. The van der Waals surface area contributed by atoms with Crippen molar-refractivity contribution in [1.29, 1.82) is 0 Å².